The molecule has 0 saturated carbocycles. The van der Waals surface area contributed by atoms with Crippen LogP contribution in [0.2, 0.25) is 0 Å². The molecule has 1 saturated heterocycles. The fraction of sp³-hybridized carbons (Fsp3) is 0.333. The number of para-hydroxylation sites is 1. The molecule has 1 fully saturated rings. The Morgan fingerprint density at radius 2 is 1.54 bits per heavy atom. The van der Waals surface area contributed by atoms with Crippen molar-refractivity contribution in [3.8, 4) is 0 Å². The fourth-order valence-electron chi connectivity index (χ4n) is 3.26. The highest BCUT2D eigenvalue weighted by Gasteiger charge is 2.25. The summed E-state index contributed by atoms with van der Waals surface area (Å²) in [4.78, 5) is 29.0. The van der Waals surface area contributed by atoms with E-state index in [4.69, 9.17) is 4.74 Å². The van der Waals surface area contributed by atoms with Crippen LogP contribution in [0.5, 0.6) is 0 Å². The first-order valence-electron chi connectivity index (χ1n) is 8.97. The Kier molecular flexibility index (Phi) is 5.56. The first kappa shape index (κ1) is 18.0. The van der Waals surface area contributed by atoms with Crippen molar-refractivity contribution in [2.45, 2.75) is 13.8 Å². The van der Waals surface area contributed by atoms with Crippen LogP contribution in [0.25, 0.3) is 0 Å². The summed E-state index contributed by atoms with van der Waals surface area (Å²) in [6.07, 6.45) is 0. The van der Waals surface area contributed by atoms with E-state index in [9.17, 15) is 9.59 Å². The Labute approximate surface area is 154 Å². The number of hydrogen-bond acceptors (Lipinski definition) is 4. The Bertz CT molecular complexity index is 795. The lowest BCUT2D eigenvalue weighted by atomic mass is 10.1. The van der Waals surface area contributed by atoms with Gasteiger partial charge in [-0.05, 0) is 37.6 Å². The second kappa shape index (κ2) is 8.04. The molecule has 0 radical (unpaired) electrons. The summed E-state index contributed by atoms with van der Waals surface area (Å²) in [6.45, 7) is 6.75. The van der Waals surface area contributed by atoms with Gasteiger partial charge < -0.3 is 14.5 Å². The molecule has 0 atom stereocenters. The van der Waals surface area contributed by atoms with Crippen molar-refractivity contribution in [1.29, 1.82) is 0 Å². The number of amides is 1. The van der Waals surface area contributed by atoms with Crippen molar-refractivity contribution in [1.82, 2.24) is 4.90 Å². The van der Waals surface area contributed by atoms with Gasteiger partial charge in [0.15, 0.2) is 0 Å². The average molecular weight is 352 g/mol. The van der Waals surface area contributed by atoms with Gasteiger partial charge in [0.2, 0.25) is 0 Å². The largest absolute Gasteiger partial charge is 0.462 e. The maximum absolute atomic E-state index is 12.8. The molecule has 5 heteroatoms. The molecular weight excluding hydrogens is 328 g/mol. The second-order valence-electron chi connectivity index (χ2n) is 6.33. The maximum atomic E-state index is 12.8. The molecule has 1 heterocycles. The number of anilines is 1. The topological polar surface area (TPSA) is 49.9 Å². The third kappa shape index (κ3) is 3.72. The third-order valence-electron chi connectivity index (χ3n) is 4.68. The first-order valence-corrected chi connectivity index (χ1v) is 8.97. The normalized spacial score (nSPS) is 14.2. The highest BCUT2D eigenvalue weighted by Crippen LogP contribution is 2.23. The van der Waals surface area contributed by atoms with Crippen molar-refractivity contribution >= 4 is 17.6 Å². The smallest absolute Gasteiger partial charge is 0.340 e. The number of hydrogen-bond donors (Lipinski definition) is 0. The second-order valence-corrected chi connectivity index (χ2v) is 6.33. The lowest BCUT2D eigenvalue weighted by Crippen LogP contribution is -2.49. The van der Waals surface area contributed by atoms with Gasteiger partial charge in [0.05, 0.1) is 17.9 Å². The van der Waals surface area contributed by atoms with E-state index in [1.54, 1.807) is 13.0 Å². The molecule has 1 aliphatic heterocycles. The highest BCUT2D eigenvalue weighted by molar-refractivity contribution is 5.97. The molecule has 26 heavy (non-hydrogen) atoms. The Hall–Kier alpha value is -2.82. The number of carbonyl (C=O) groups excluding carboxylic acids is 2. The van der Waals surface area contributed by atoms with Crippen molar-refractivity contribution in [3.05, 3.63) is 65.2 Å². The van der Waals surface area contributed by atoms with Gasteiger partial charge >= 0.3 is 5.97 Å². The Morgan fingerprint density at radius 1 is 0.923 bits per heavy atom. The highest BCUT2D eigenvalue weighted by atomic mass is 16.5. The summed E-state index contributed by atoms with van der Waals surface area (Å²) >= 11 is 0. The number of nitrogens with zero attached hydrogens (tertiary/aromatic N) is 2. The molecule has 0 spiro atoms. The number of rotatable bonds is 4. The number of aryl methyl sites for hydroxylation is 1. The molecule has 5 nitrogen and oxygen atoms in total. The molecule has 0 aliphatic carbocycles. The lowest BCUT2D eigenvalue weighted by molar-refractivity contribution is 0.0526. The van der Waals surface area contributed by atoms with Crippen molar-refractivity contribution in [3.63, 3.8) is 0 Å². The van der Waals surface area contributed by atoms with Crippen molar-refractivity contribution < 1.29 is 14.3 Å². The van der Waals surface area contributed by atoms with Crippen molar-refractivity contribution in [2.75, 3.05) is 37.7 Å². The predicted octanol–water partition coefficient (Wildman–Crippen LogP) is 3.13. The summed E-state index contributed by atoms with van der Waals surface area (Å²) in [5.41, 5.74) is 3.20. The molecular formula is C21H24N2O3. The molecule has 1 aliphatic rings. The first-order chi connectivity index (χ1) is 12.6. The molecule has 1 amide bonds. The Balaban J connectivity index is 1.71. The van der Waals surface area contributed by atoms with Crippen LogP contribution < -0.4 is 4.90 Å². The minimum absolute atomic E-state index is 0.0708. The third-order valence-corrected chi connectivity index (χ3v) is 4.68. The van der Waals surface area contributed by atoms with Gasteiger partial charge in [0, 0.05) is 31.7 Å². The van der Waals surface area contributed by atoms with E-state index < -0.39 is 0 Å². The quantitative estimate of drug-likeness (QED) is 0.793. The van der Waals surface area contributed by atoms with E-state index in [2.05, 4.69) is 4.90 Å². The number of esters is 1. The molecule has 3 rings (SSSR count). The van der Waals surface area contributed by atoms with Crippen LogP contribution in [0.4, 0.5) is 5.69 Å². The minimum Gasteiger partial charge on any atom is -0.462 e. The van der Waals surface area contributed by atoms with Gasteiger partial charge in [-0.1, -0.05) is 30.3 Å². The fourth-order valence-corrected chi connectivity index (χ4v) is 3.26. The van der Waals surface area contributed by atoms with E-state index in [0.717, 1.165) is 16.8 Å². The molecule has 0 unspecified atom stereocenters. The summed E-state index contributed by atoms with van der Waals surface area (Å²) in [6, 6.07) is 15.2. The summed E-state index contributed by atoms with van der Waals surface area (Å²) in [5, 5.41) is 0. The standard InChI is InChI=1S/C21H24N2O3/c1-3-26-21(25)18-10-6-7-11-19(18)22-12-14-23(15-13-22)20(24)17-9-5-4-8-16(17)2/h4-11H,3,12-15H2,1-2H3. The molecule has 0 N–H and O–H groups in total. The van der Waals surface area contributed by atoms with Crippen LogP contribution >= 0.6 is 0 Å². The molecule has 2 aromatic rings. The summed E-state index contributed by atoms with van der Waals surface area (Å²) in [7, 11) is 0. The number of ether oxygens (including phenoxy) is 1. The number of benzene rings is 2. The lowest BCUT2D eigenvalue weighted by Gasteiger charge is -2.37. The van der Waals surface area contributed by atoms with E-state index in [0.29, 0.717) is 38.3 Å². The van der Waals surface area contributed by atoms with Crippen LogP contribution in [-0.4, -0.2) is 49.6 Å². The van der Waals surface area contributed by atoms with E-state index in [1.165, 1.54) is 0 Å². The van der Waals surface area contributed by atoms with Gasteiger partial charge in [-0.3, -0.25) is 4.79 Å². The van der Waals surface area contributed by atoms with E-state index >= 15 is 0 Å². The van der Waals surface area contributed by atoms with E-state index in [-0.39, 0.29) is 11.9 Å². The SMILES string of the molecule is CCOC(=O)c1ccccc1N1CCN(C(=O)c2ccccc2C)CC1. The monoisotopic (exact) mass is 352 g/mol. The zero-order valence-electron chi connectivity index (χ0n) is 15.3. The van der Waals surface area contributed by atoms with Crippen LogP contribution in [0, 0.1) is 6.92 Å². The Morgan fingerprint density at radius 3 is 2.19 bits per heavy atom. The van der Waals surface area contributed by atoms with Gasteiger partial charge in [-0.25, -0.2) is 4.79 Å². The zero-order valence-corrected chi connectivity index (χ0v) is 15.3. The maximum Gasteiger partial charge on any atom is 0.340 e. The minimum atomic E-state index is -0.304. The van der Waals surface area contributed by atoms with Gasteiger partial charge in [0.1, 0.15) is 0 Å². The van der Waals surface area contributed by atoms with Gasteiger partial charge in [0.25, 0.3) is 5.91 Å². The van der Waals surface area contributed by atoms with Crippen LogP contribution in [-0.2, 0) is 4.74 Å². The van der Waals surface area contributed by atoms with Crippen LogP contribution in [0.3, 0.4) is 0 Å². The van der Waals surface area contributed by atoms with E-state index in [1.807, 2.05) is 54.3 Å². The molecule has 0 aromatic heterocycles. The molecule has 136 valence electrons. The van der Waals surface area contributed by atoms with Crippen LogP contribution in [0.15, 0.2) is 48.5 Å². The summed E-state index contributed by atoms with van der Waals surface area (Å²) < 4.78 is 5.16. The predicted molar refractivity (Wildman–Crippen MR) is 102 cm³/mol. The number of piperazine rings is 1. The molecule has 0 bridgehead atoms. The summed E-state index contributed by atoms with van der Waals surface area (Å²) in [5.74, 6) is -0.233. The van der Waals surface area contributed by atoms with Crippen LogP contribution in [0.1, 0.15) is 33.2 Å². The zero-order chi connectivity index (χ0) is 18.5. The van der Waals surface area contributed by atoms with Gasteiger partial charge in [-0.2, -0.15) is 0 Å². The van der Waals surface area contributed by atoms with Gasteiger partial charge in [-0.15, -0.1) is 0 Å². The average Bonchev–Trinajstić information content (AvgIpc) is 2.68. The molecule has 2 aromatic carbocycles. The number of carbonyl (C=O) groups is 2. The van der Waals surface area contributed by atoms with Crippen molar-refractivity contribution in [2.24, 2.45) is 0 Å².